The summed E-state index contributed by atoms with van der Waals surface area (Å²) in [5.41, 5.74) is 1.62. The number of thiophene rings is 2. The second-order valence-corrected chi connectivity index (χ2v) is 9.70. The maximum absolute atomic E-state index is 12.6. The van der Waals surface area contributed by atoms with Crippen LogP contribution in [0.3, 0.4) is 0 Å². The molecule has 2 heterocycles. The summed E-state index contributed by atoms with van der Waals surface area (Å²) in [7, 11) is -3.63. The molecule has 144 valence electrons. The number of hydrogen-bond acceptors (Lipinski definition) is 6. The van der Waals surface area contributed by atoms with Crippen LogP contribution in [0, 0.1) is 6.92 Å². The average Bonchev–Trinajstić information content (AvgIpc) is 3.33. The van der Waals surface area contributed by atoms with E-state index in [1.807, 2.05) is 42.8 Å². The van der Waals surface area contributed by atoms with E-state index in [2.05, 4.69) is 4.72 Å². The number of hydrogen-bond donors (Lipinski definition) is 2. The fourth-order valence-corrected chi connectivity index (χ4v) is 5.42. The van der Waals surface area contributed by atoms with E-state index in [1.54, 1.807) is 18.2 Å². The van der Waals surface area contributed by atoms with Gasteiger partial charge >= 0.3 is 0 Å². The molecule has 0 fully saturated rings. The van der Waals surface area contributed by atoms with E-state index in [9.17, 15) is 13.5 Å². The zero-order valence-corrected chi connectivity index (χ0v) is 17.5. The number of ether oxygens (including phenoxy) is 1. The average molecular weight is 424 g/mol. The van der Waals surface area contributed by atoms with Crippen molar-refractivity contribution in [2.45, 2.75) is 31.4 Å². The molecule has 3 aromatic rings. The summed E-state index contributed by atoms with van der Waals surface area (Å²) in [6, 6.07) is 10.4. The topological polar surface area (TPSA) is 75.6 Å². The molecule has 0 radical (unpaired) electrons. The van der Waals surface area contributed by atoms with Gasteiger partial charge in [-0.1, -0.05) is 0 Å². The predicted octanol–water partition coefficient (Wildman–Crippen LogP) is 4.08. The van der Waals surface area contributed by atoms with Crippen LogP contribution in [-0.4, -0.2) is 20.1 Å². The molecule has 2 N–H and O–H groups in total. The maximum atomic E-state index is 12.6. The van der Waals surface area contributed by atoms with Gasteiger partial charge in [0.25, 0.3) is 0 Å². The molecular weight excluding hydrogens is 402 g/mol. The third-order valence-corrected chi connectivity index (χ3v) is 7.24. The Labute approximate surface area is 167 Å². The van der Waals surface area contributed by atoms with Crippen molar-refractivity contribution in [2.24, 2.45) is 0 Å². The highest BCUT2D eigenvalue weighted by atomic mass is 32.2. The third kappa shape index (κ3) is 4.77. The number of nitrogens with one attached hydrogen (secondary N) is 1. The lowest BCUT2D eigenvalue weighted by atomic mass is 10.2. The van der Waals surface area contributed by atoms with Gasteiger partial charge in [0.2, 0.25) is 10.0 Å². The van der Waals surface area contributed by atoms with E-state index in [1.165, 1.54) is 22.7 Å². The highest BCUT2D eigenvalue weighted by Gasteiger charge is 2.17. The zero-order chi connectivity index (χ0) is 19.4. The van der Waals surface area contributed by atoms with Crippen LogP contribution in [0.5, 0.6) is 5.75 Å². The maximum Gasteiger partial charge on any atom is 0.240 e. The normalized spacial score (nSPS) is 12.9. The summed E-state index contributed by atoms with van der Waals surface area (Å²) >= 11 is 2.92. The molecule has 1 atom stereocenters. The Balaban J connectivity index is 1.68. The van der Waals surface area contributed by atoms with Crippen LogP contribution in [0.2, 0.25) is 0 Å². The number of aliphatic hydroxyl groups is 1. The van der Waals surface area contributed by atoms with Crippen LogP contribution in [0.4, 0.5) is 0 Å². The SMILES string of the molecule is CCOc1ccc(S(=O)(=O)NCc2ccc(C(O)c3ccsc3)s2)cc1C. The first-order valence-electron chi connectivity index (χ1n) is 8.42. The molecule has 0 amide bonds. The summed E-state index contributed by atoms with van der Waals surface area (Å²) in [5, 5.41) is 14.2. The van der Waals surface area contributed by atoms with Crippen molar-refractivity contribution in [2.75, 3.05) is 6.61 Å². The second-order valence-electron chi connectivity index (χ2n) is 5.95. The summed E-state index contributed by atoms with van der Waals surface area (Å²) in [6.07, 6.45) is -0.680. The van der Waals surface area contributed by atoms with Crippen molar-refractivity contribution < 1.29 is 18.3 Å². The third-order valence-electron chi connectivity index (χ3n) is 4.00. The van der Waals surface area contributed by atoms with Gasteiger partial charge in [0.05, 0.1) is 11.5 Å². The van der Waals surface area contributed by atoms with E-state index in [-0.39, 0.29) is 11.4 Å². The van der Waals surface area contributed by atoms with Crippen LogP contribution >= 0.6 is 22.7 Å². The smallest absolute Gasteiger partial charge is 0.240 e. The van der Waals surface area contributed by atoms with E-state index in [0.29, 0.717) is 12.4 Å². The highest BCUT2D eigenvalue weighted by molar-refractivity contribution is 7.89. The summed E-state index contributed by atoms with van der Waals surface area (Å²) in [6.45, 7) is 4.41. The van der Waals surface area contributed by atoms with Crippen LogP contribution in [-0.2, 0) is 16.6 Å². The van der Waals surface area contributed by atoms with Crippen molar-refractivity contribution in [3.05, 3.63) is 68.0 Å². The second kappa shape index (κ2) is 8.53. The van der Waals surface area contributed by atoms with Crippen LogP contribution in [0.15, 0.2) is 52.1 Å². The molecule has 0 aliphatic carbocycles. The lowest BCUT2D eigenvalue weighted by Gasteiger charge is -2.10. The van der Waals surface area contributed by atoms with Crippen molar-refractivity contribution in [1.82, 2.24) is 4.72 Å². The largest absolute Gasteiger partial charge is 0.494 e. The Bertz CT molecular complexity index is 994. The van der Waals surface area contributed by atoms with Gasteiger partial charge in [-0.2, -0.15) is 11.3 Å². The van der Waals surface area contributed by atoms with Gasteiger partial charge < -0.3 is 9.84 Å². The van der Waals surface area contributed by atoms with Gasteiger partial charge in [-0.25, -0.2) is 13.1 Å². The summed E-state index contributed by atoms with van der Waals surface area (Å²) in [4.78, 5) is 1.84. The molecule has 3 rings (SSSR count). The van der Waals surface area contributed by atoms with Crippen molar-refractivity contribution in [1.29, 1.82) is 0 Å². The Kier molecular flexibility index (Phi) is 6.33. The molecule has 1 unspecified atom stereocenters. The monoisotopic (exact) mass is 423 g/mol. The van der Waals surface area contributed by atoms with E-state index >= 15 is 0 Å². The molecule has 8 heteroatoms. The molecule has 0 spiro atoms. The number of sulfonamides is 1. The number of benzene rings is 1. The predicted molar refractivity (Wildman–Crippen MR) is 109 cm³/mol. The minimum Gasteiger partial charge on any atom is -0.494 e. The van der Waals surface area contributed by atoms with Crippen molar-refractivity contribution in [3.8, 4) is 5.75 Å². The van der Waals surface area contributed by atoms with Gasteiger partial charge in [-0.3, -0.25) is 0 Å². The summed E-state index contributed by atoms with van der Waals surface area (Å²) < 4.78 is 33.2. The minimum atomic E-state index is -3.63. The van der Waals surface area contributed by atoms with Gasteiger partial charge in [0.15, 0.2) is 0 Å². The fraction of sp³-hybridized carbons (Fsp3) is 0.263. The Morgan fingerprint density at radius 1 is 1.22 bits per heavy atom. The van der Waals surface area contributed by atoms with Crippen LogP contribution < -0.4 is 9.46 Å². The first-order valence-corrected chi connectivity index (χ1v) is 11.7. The van der Waals surface area contributed by atoms with Gasteiger partial charge in [-0.05, 0) is 72.1 Å². The molecule has 0 bridgehead atoms. The lowest BCUT2D eigenvalue weighted by Crippen LogP contribution is -2.22. The standard InChI is InChI=1S/C19H21NO4S3/c1-3-24-17-6-5-16(10-13(17)2)27(22,23)20-11-15-4-7-18(26-15)19(21)14-8-9-25-12-14/h4-10,12,19-21H,3,11H2,1-2H3. The van der Waals surface area contributed by atoms with Crippen LogP contribution in [0.1, 0.15) is 33.9 Å². The van der Waals surface area contributed by atoms with Gasteiger partial charge in [0, 0.05) is 16.3 Å². The van der Waals surface area contributed by atoms with Crippen molar-refractivity contribution >= 4 is 32.7 Å². The van der Waals surface area contributed by atoms with E-state index < -0.39 is 16.1 Å². The number of aryl methyl sites for hydroxylation is 1. The van der Waals surface area contributed by atoms with E-state index in [4.69, 9.17) is 4.74 Å². The first-order chi connectivity index (χ1) is 12.9. The molecule has 0 saturated carbocycles. The Hall–Kier alpha value is -1.71. The first kappa shape index (κ1) is 20.0. The molecule has 0 saturated heterocycles. The lowest BCUT2D eigenvalue weighted by molar-refractivity contribution is 0.224. The van der Waals surface area contributed by atoms with Gasteiger partial charge in [-0.15, -0.1) is 11.3 Å². The molecule has 0 aliphatic rings. The number of aliphatic hydroxyl groups excluding tert-OH is 1. The summed E-state index contributed by atoms with van der Waals surface area (Å²) in [5.74, 6) is 0.682. The number of rotatable bonds is 8. The molecule has 1 aromatic carbocycles. The zero-order valence-electron chi connectivity index (χ0n) is 15.0. The van der Waals surface area contributed by atoms with Crippen LogP contribution in [0.25, 0.3) is 0 Å². The van der Waals surface area contributed by atoms with Crippen molar-refractivity contribution in [3.63, 3.8) is 0 Å². The fourth-order valence-electron chi connectivity index (χ4n) is 2.59. The molecule has 5 nitrogen and oxygen atoms in total. The highest BCUT2D eigenvalue weighted by Crippen LogP contribution is 2.30. The van der Waals surface area contributed by atoms with Gasteiger partial charge in [0.1, 0.15) is 11.9 Å². The molecule has 27 heavy (non-hydrogen) atoms. The quantitative estimate of drug-likeness (QED) is 0.572. The Morgan fingerprint density at radius 2 is 2.04 bits per heavy atom. The molecule has 2 aromatic heterocycles. The molecular formula is C19H21NO4S3. The minimum absolute atomic E-state index is 0.176. The molecule has 0 aliphatic heterocycles. The Morgan fingerprint density at radius 3 is 2.70 bits per heavy atom. The van der Waals surface area contributed by atoms with E-state index in [0.717, 1.165) is 20.9 Å².